The van der Waals surface area contributed by atoms with Gasteiger partial charge in [0, 0.05) is 36.0 Å². The molecule has 11 atom stereocenters. The number of methoxy groups -OCH3 is 2. The van der Waals surface area contributed by atoms with Crippen LogP contribution in [0.15, 0.2) is 60.9 Å². The molecule has 4 saturated heterocycles. The topological polar surface area (TPSA) is 383 Å². The van der Waals surface area contributed by atoms with Crippen molar-refractivity contribution in [3.63, 3.8) is 0 Å². The van der Waals surface area contributed by atoms with Crippen LogP contribution in [0.25, 0.3) is 21.5 Å². The molecule has 0 radical (unpaired) electrons. The summed E-state index contributed by atoms with van der Waals surface area (Å²) in [5.41, 5.74) is -6.99. The van der Waals surface area contributed by atoms with Gasteiger partial charge in [-0.25, -0.2) is 46.1 Å². The monoisotopic (exact) mass is 1550 g/mol. The predicted molar refractivity (Wildman–Crippen MR) is 386 cm³/mol. The molecule has 11 rings (SSSR count). The molecule has 4 aliphatic heterocycles. The predicted octanol–water partition coefficient (Wildman–Crippen LogP) is 8.17. The second-order valence-corrected chi connectivity index (χ2v) is 34.2. The Kier molecular flexibility index (Phi) is 24.6. The van der Waals surface area contributed by atoms with Crippen LogP contribution in [-0.2, 0) is 67.2 Å². The molecule has 30 nitrogen and oxygen atoms in total. The second kappa shape index (κ2) is 33.0. The van der Waals surface area contributed by atoms with Crippen molar-refractivity contribution in [2.24, 2.45) is 17.8 Å². The van der Waals surface area contributed by atoms with Crippen LogP contribution in [-0.4, -0.2) is 189 Å². The summed E-state index contributed by atoms with van der Waals surface area (Å²) in [4.78, 5) is 128. The van der Waals surface area contributed by atoms with Crippen molar-refractivity contribution >= 4 is 89.8 Å². The van der Waals surface area contributed by atoms with Crippen LogP contribution < -0.4 is 49.7 Å². The standard InChI is InChI=1S/C74H100F2N10O20S2/c1-44(37-71(5,6)105-69(94)80-56-22-18-14-10-11-15-19-47-39-73(47,66(91)83-107(95,96)101-43-59(75)76)81-60(87)57-35-52(42-86(57)65(56)90)103-63-54-26-24-50(100-8)34-46(54)28-32-78-63)38-72(29-30-72)106-108(97,98)84-67(92)74-40-48(74)20-16-12-9-13-17-21-55(79-68(93)104-70(2,3)4)64(89)85-41-51(36-58(85)61(88)82-74)102-62-53-25-23-49(99-7)33-45(53)27-31-77-62/h23-28,31-34,44,47-48,51-52,55-59H,9-22,29-30,35-43H2,1-8H3,(H,79,93)(H,80,94)(H,81,87)(H,82,88)(H,83,91)(H,84,92)/t44?,47-,48-,51-,52-,55+,56+,57+,58+,73-,74-/m1/s1. The van der Waals surface area contributed by atoms with Crippen molar-refractivity contribution < 1.29 is 101 Å². The molecule has 3 saturated carbocycles. The van der Waals surface area contributed by atoms with E-state index in [-0.39, 0.29) is 89.1 Å². The number of fused-ring (bicyclic) bond motifs is 6. The van der Waals surface area contributed by atoms with Crippen molar-refractivity contribution in [1.82, 2.24) is 50.5 Å². The Labute approximate surface area is 627 Å². The third-order valence-electron chi connectivity index (χ3n) is 21.3. The number of benzene rings is 2. The Bertz CT molecular complexity index is 4260. The molecule has 6 heterocycles. The van der Waals surface area contributed by atoms with Gasteiger partial charge in [-0.05, 0) is 176 Å². The molecule has 34 heteroatoms. The Morgan fingerprint density at radius 2 is 1.05 bits per heavy atom. The van der Waals surface area contributed by atoms with Gasteiger partial charge in [-0.3, -0.25) is 28.8 Å². The Balaban J connectivity index is 0.755. The molecular weight excluding hydrogens is 1450 g/mol. The van der Waals surface area contributed by atoms with Crippen LogP contribution in [0.1, 0.15) is 183 Å². The van der Waals surface area contributed by atoms with Gasteiger partial charge in [0.25, 0.3) is 18.2 Å². The third kappa shape index (κ3) is 20.1. The van der Waals surface area contributed by atoms with E-state index < -0.39 is 163 Å². The number of aromatic nitrogens is 2. The zero-order valence-electron chi connectivity index (χ0n) is 62.3. The van der Waals surface area contributed by atoms with Gasteiger partial charge in [0.05, 0.1) is 32.9 Å². The van der Waals surface area contributed by atoms with Crippen molar-refractivity contribution in [3.8, 4) is 23.3 Å². The SMILES string of the molecule is COc1ccc2c(O[C@@H]3C[C@H]4C(=O)N[C@]5(C(=O)NS(=O)(=O)OC6(CC(C)CC(C)(C)OC(=O)N[C@H]7CCCCCCC[C@@H]8C[C@@]8(C(=O)NS(=O)(=O)OCC(F)F)NC(=O)[C@@H]8C[C@@H](Oc9nccc%10cc(OC)ccc9%10)CN8C7=O)CC6)C[C@H]5CCCCCCC[C@H](NC(=O)OC(C)(C)C)C(=O)N4C3)nccc2c1. The number of ether oxygens (including phenoxy) is 6. The van der Waals surface area contributed by atoms with Gasteiger partial charge in [-0.15, -0.1) is 0 Å². The number of alkyl carbamates (subject to hydrolysis) is 2. The maximum absolute atomic E-state index is 15.2. The summed E-state index contributed by atoms with van der Waals surface area (Å²) < 4.78 is 130. The van der Waals surface area contributed by atoms with E-state index in [1.165, 1.54) is 23.1 Å². The van der Waals surface area contributed by atoms with E-state index in [2.05, 4.69) is 40.1 Å². The zero-order valence-corrected chi connectivity index (χ0v) is 63.9. The second-order valence-electron chi connectivity index (χ2n) is 31.6. The first kappa shape index (κ1) is 80.5. The van der Waals surface area contributed by atoms with Gasteiger partial charge in [0.15, 0.2) is 0 Å². The average molecular weight is 1550 g/mol. The Hall–Kier alpha value is -8.50. The quantitative estimate of drug-likeness (QED) is 0.0432. The van der Waals surface area contributed by atoms with Crippen LogP contribution in [0.2, 0.25) is 0 Å². The summed E-state index contributed by atoms with van der Waals surface area (Å²) in [5, 5.41) is 13.9. The Morgan fingerprint density at radius 3 is 1.48 bits per heavy atom. The number of hydrogen-bond acceptors (Lipinski definition) is 22. The summed E-state index contributed by atoms with van der Waals surface area (Å²) in [6.07, 6.45) is 4.63. The lowest BCUT2D eigenvalue weighted by atomic mass is 9.90. The lowest BCUT2D eigenvalue weighted by molar-refractivity contribution is -0.141. The third-order valence-corrected chi connectivity index (χ3v) is 23.2. The molecule has 6 N–H and O–H groups in total. The number of amides is 8. The molecule has 592 valence electrons. The van der Waals surface area contributed by atoms with E-state index in [1.807, 2.05) is 13.0 Å². The number of halogens is 2. The summed E-state index contributed by atoms with van der Waals surface area (Å²) >= 11 is 0. The maximum Gasteiger partial charge on any atom is 0.408 e. The molecule has 7 fully saturated rings. The molecule has 0 bridgehead atoms. The van der Waals surface area contributed by atoms with Crippen molar-refractivity contribution in [1.29, 1.82) is 0 Å². The highest BCUT2D eigenvalue weighted by molar-refractivity contribution is 7.85. The van der Waals surface area contributed by atoms with E-state index in [0.29, 0.717) is 91.9 Å². The number of carbonyl (C=O) groups is 8. The fourth-order valence-corrected chi connectivity index (χ4v) is 17.8. The number of pyridine rings is 2. The average Bonchev–Trinajstić information content (AvgIpc) is 1.58. The Morgan fingerprint density at radius 1 is 0.611 bits per heavy atom. The molecule has 0 spiro atoms. The van der Waals surface area contributed by atoms with E-state index in [4.69, 9.17) is 32.6 Å². The molecule has 7 aliphatic rings. The number of carbonyl (C=O) groups excluding carboxylic acids is 8. The van der Waals surface area contributed by atoms with Gasteiger partial charge >= 0.3 is 32.8 Å². The smallest absolute Gasteiger partial charge is 0.408 e. The lowest BCUT2D eigenvalue weighted by Crippen LogP contribution is -2.58. The number of alkyl halides is 2. The molecule has 1 unspecified atom stereocenters. The number of nitrogens with one attached hydrogen (secondary N) is 6. The van der Waals surface area contributed by atoms with Gasteiger partial charge in [0.2, 0.25) is 35.4 Å². The number of nitrogens with zero attached hydrogens (tertiary/aromatic N) is 4. The highest BCUT2D eigenvalue weighted by atomic mass is 32.2. The van der Waals surface area contributed by atoms with Gasteiger partial charge < -0.3 is 59.5 Å². The first-order chi connectivity index (χ1) is 51.1. The molecule has 108 heavy (non-hydrogen) atoms. The van der Waals surface area contributed by atoms with Crippen molar-refractivity contribution in [2.45, 2.75) is 253 Å². The van der Waals surface area contributed by atoms with Crippen LogP contribution >= 0.6 is 0 Å². The van der Waals surface area contributed by atoms with Crippen molar-refractivity contribution in [3.05, 3.63) is 60.9 Å². The van der Waals surface area contributed by atoms with Gasteiger partial charge in [0.1, 0.15) is 76.8 Å². The summed E-state index contributed by atoms with van der Waals surface area (Å²) in [7, 11) is -6.88. The molecule has 2 aromatic heterocycles. The first-order valence-electron chi connectivity index (χ1n) is 37.3. The van der Waals surface area contributed by atoms with E-state index in [0.717, 1.165) is 18.2 Å². The highest BCUT2D eigenvalue weighted by Gasteiger charge is 2.64. The molecule has 3 aliphatic carbocycles. The minimum atomic E-state index is -5.05. The van der Waals surface area contributed by atoms with E-state index in [1.54, 1.807) is 95.1 Å². The fourth-order valence-electron chi connectivity index (χ4n) is 15.9. The van der Waals surface area contributed by atoms with Crippen molar-refractivity contribution in [2.75, 3.05) is 33.9 Å². The number of rotatable bonds is 22. The molecular formula is C74H100F2N10O20S2. The van der Waals surface area contributed by atoms with Crippen LogP contribution in [0, 0.1) is 17.8 Å². The van der Waals surface area contributed by atoms with E-state index in [9.17, 15) is 54.4 Å². The minimum Gasteiger partial charge on any atom is -0.497 e. The normalized spacial score (nSPS) is 26.8. The first-order valence-corrected chi connectivity index (χ1v) is 40.1. The van der Waals surface area contributed by atoms with Crippen LogP contribution in [0.5, 0.6) is 23.3 Å². The molecule has 2 aromatic carbocycles. The zero-order chi connectivity index (χ0) is 77.7. The summed E-state index contributed by atoms with van der Waals surface area (Å²) in [6, 6.07) is 9.09. The van der Waals surface area contributed by atoms with Crippen LogP contribution in [0.3, 0.4) is 0 Å². The molecule has 8 amide bonds. The van der Waals surface area contributed by atoms with Gasteiger partial charge in [-0.1, -0.05) is 71.1 Å². The maximum atomic E-state index is 15.2. The van der Waals surface area contributed by atoms with Gasteiger partial charge in [-0.2, -0.15) is 16.8 Å². The lowest BCUT2D eigenvalue weighted by Gasteiger charge is -2.32. The van der Waals surface area contributed by atoms with E-state index >= 15 is 9.59 Å². The highest BCUT2D eigenvalue weighted by Crippen LogP contribution is 2.51. The minimum absolute atomic E-state index is 0.00370. The molecule has 4 aromatic rings. The number of hydrogen-bond donors (Lipinski definition) is 6. The summed E-state index contributed by atoms with van der Waals surface area (Å²) in [5.74, 6) is -4.95. The van der Waals surface area contributed by atoms with Crippen LogP contribution in [0.4, 0.5) is 18.4 Å². The fraction of sp³-hybridized carbons (Fsp3) is 0.649. The summed E-state index contributed by atoms with van der Waals surface area (Å²) in [6.45, 7) is 8.35. The largest absolute Gasteiger partial charge is 0.497 e.